The fraction of sp³-hybridized carbons (Fsp3) is 0.208. The summed E-state index contributed by atoms with van der Waals surface area (Å²) < 4.78 is 1.50. The van der Waals surface area contributed by atoms with Gasteiger partial charge in [-0.3, -0.25) is 4.79 Å². The second kappa shape index (κ2) is 8.20. The number of hydrogen-bond donors (Lipinski definition) is 0. The quantitative estimate of drug-likeness (QED) is 0.248. The lowest BCUT2D eigenvalue weighted by Crippen LogP contribution is -2.22. The molecule has 0 radical (unpaired) electrons. The molecule has 0 unspecified atom stereocenters. The number of hydrogen-bond acceptors (Lipinski definition) is 5. The molecule has 30 heavy (non-hydrogen) atoms. The molecule has 0 saturated carbocycles. The Balaban J connectivity index is 1.79. The molecular formula is C24H21N3OS2. The summed E-state index contributed by atoms with van der Waals surface area (Å²) in [7, 11) is 0. The molecule has 1 aliphatic rings. The van der Waals surface area contributed by atoms with Gasteiger partial charge in [0.05, 0.1) is 11.1 Å². The van der Waals surface area contributed by atoms with Crippen molar-refractivity contribution in [2.45, 2.75) is 30.8 Å². The average Bonchev–Trinajstić information content (AvgIpc) is 3.18. The van der Waals surface area contributed by atoms with Gasteiger partial charge in [-0.15, -0.1) is 11.3 Å². The molecule has 0 atom stereocenters. The van der Waals surface area contributed by atoms with Crippen molar-refractivity contribution >= 4 is 39.0 Å². The minimum Gasteiger partial charge on any atom is -0.267 e. The summed E-state index contributed by atoms with van der Waals surface area (Å²) in [6.07, 6.45) is 6.27. The molecule has 1 aliphatic carbocycles. The Morgan fingerprint density at radius 3 is 2.27 bits per heavy atom. The fourth-order valence-corrected chi connectivity index (χ4v) is 5.76. The van der Waals surface area contributed by atoms with Crippen LogP contribution in [0.4, 0.5) is 0 Å². The summed E-state index contributed by atoms with van der Waals surface area (Å²) in [5.74, 6) is 0. The second-order valence-electron chi connectivity index (χ2n) is 7.29. The summed E-state index contributed by atoms with van der Waals surface area (Å²) >= 11 is 3.13. The van der Waals surface area contributed by atoms with Gasteiger partial charge in [0.2, 0.25) is 0 Å². The van der Waals surface area contributed by atoms with Gasteiger partial charge in [0.1, 0.15) is 4.83 Å². The molecule has 0 amide bonds. The maximum absolute atomic E-state index is 13.6. The molecule has 0 spiro atoms. The van der Waals surface area contributed by atoms with E-state index in [1.165, 1.54) is 33.3 Å². The molecule has 0 bridgehead atoms. The smallest absolute Gasteiger partial charge is 0.267 e. The molecule has 2 heterocycles. The van der Waals surface area contributed by atoms with Gasteiger partial charge < -0.3 is 0 Å². The van der Waals surface area contributed by atoms with Gasteiger partial charge >= 0.3 is 0 Å². The van der Waals surface area contributed by atoms with Crippen molar-refractivity contribution < 1.29 is 0 Å². The summed E-state index contributed by atoms with van der Waals surface area (Å²) in [6.45, 7) is 0. The monoisotopic (exact) mass is 431 g/mol. The van der Waals surface area contributed by atoms with Gasteiger partial charge in [0.15, 0.2) is 5.16 Å². The topological polar surface area (TPSA) is 47.2 Å². The van der Waals surface area contributed by atoms with Crippen molar-refractivity contribution in [1.29, 1.82) is 0 Å². The van der Waals surface area contributed by atoms with Crippen molar-refractivity contribution in [3.8, 4) is 0 Å². The molecule has 0 saturated heterocycles. The lowest BCUT2D eigenvalue weighted by molar-refractivity contribution is 0.690. The summed E-state index contributed by atoms with van der Waals surface area (Å²) in [6, 6.07) is 20.0. The van der Waals surface area contributed by atoms with Gasteiger partial charge in [0.25, 0.3) is 5.56 Å². The predicted octanol–water partition coefficient (Wildman–Crippen LogP) is 5.36. The van der Waals surface area contributed by atoms with E-state index < -0.39 is 0 Å². The molecule has 0 aliphatic heterocycles. The molecule has 2 aromatic heterocycles. The van der Waals surface area contributed by atoms with Crippen LogP contribution in [-0.2, 0) is 12.8 Å². The molecular weight excluding hydrogens is 410 g/mol. The highest BCUT2D eigenvalue weighted by atomic mass is 32.2. The number of rotatable bonds is 4. The maximum Gasteiger partial charge on any atom is 0.283 e. The predicted molar refractivity (Wildman–Crippen MR) is 126 cm³/mol. The fourth-order valence-electron chi connectivity index (χ4n) is 3.97. The number of nitrogens with zero attached hydrogens (tertiary/aromatic N) is 3. The maximum atomic E-state index is 13.6. The van der Waals surface area contributed by atoms with Crippen LogP contribution in [0.3, 0.4) is 0 Å². The summed E-state index contributed by atoms with van der Waals surface area (Å²) in [5.41, 5.74) is 3.83. The van der Waals surface area contributed by atoms with Crippen molar-refractivity contribution in [2.75, 3.05) is 6.26 Å². The van der Waals surface area contributed by atoms with Crippen molar-refractivity contribution in [1.82, 2.24) is 9.66 Å². The first-order chi connectivity index (χ1) is 14.8. The zero-order valence-corrected chi connectivity index (χ0v) is 18.3. The summed E-state index contributed by atoms with van der Waals surface area (Å²) in [5, 5.41) is 6.27. The van der Waals surface area contributed by atoms with Gasteiger partial charge in [-0.25, -0.2) is 4.98 Å². The Morgan fingerprint density at radius 1 is 1.00 bits per heavy atom. The van der Waals surface area contributed by atoms with Crippen LogP contribution in [0, 0.1) is 0 Å². The van der Waals surface area contributed by atoms with Crippen molar-refractivity contribution in [3.63, 3.8) is 0 Å². The first kappa shape index (κ1) is 19.3. The molecule has 6 heteroatoms. The third kappa shape index (κ3) is 3.40. The van der Waals surface area contributed by atoms with Crippen molar-refractivity contribution in [3.05, 3.63) is 92.6 Å². The van der Waals surface area contributed by atoms with Crippen LogP contribution in [0.2, 0.25) is 0 Å². The van der Waals surface area contributed by atoms with Crippen LogP contribution < -0.4 is 5.56 Å². The Morgan fingerprint density at radius 2 is 1.63 bits per heavy atom. The third-order valence-electron chi connectivity index (χ3n) is 5.41. The van der Waals surface area contributed by atoms with E-state index in [1.54, 1.807) is 11.3 Å². The highest BCUT2D eigenvalue weighted by Crippen LogP contribution is 2.34. The Kier molecular flexibility index (Phi) is 5.27. The van der Waals surface area contributed by atoms with E-state index in [2.05, 4.69) is 0 Å². The summed E-state index contributed by atoms with van der Waals surface area (Å²) in [4.78, 5) is 20.7. The largest absolute Gasteiger partial charge is 0.283 e. The minimum atomic E-state index is -0.0619. The van der Waals surface area contributed by atoms with Crippen LogP contribution in [0.15, 0.2) is 75.7 Å². The van der Waals surface area contributed by atoms with E-state index in [9.17, 15) is 4.79 Å². The normalized spacial score (nSPS) is 13.2. The Labute approximate surface area is 183 Å². The first-order valence-corrected chi connectivity index (χ1v) is 12.1. The zero-order valence-electron chi connectivity index (χ0n) is 16.7. The van der Waals surface area contributed by atoms with E-state index >= 15 is 0 Å². The SMILES string of the molecule is CSc1nc2sc3c(c2c(=O)n1N=C(c1ccccc1)c1ccccc1)CCCC3. The number of aromatic nitrogens is 2. The highest BCUT2D eigenvalue weighted by molar-refractivity contribution is 7.98. The average molecular weight is 432 g/mol. The van der Waals surface area contributed by atoms with Crippen LogP contribution >= 0.6 is 23.1 Å². The van der Waals surface area contributed by atoms with Gasteiger partial charge in [-0.2, -0.15) is 9.78 Å². The highest BCUT2D eigenvalue weighted by Gasteiger charge is 2.22. The standard InChI is InChI=1S/C24H21N3OS2/c1-29-24-25-22-20(18-14-8-9-15-19(18)30-22)23(28)27(24)26-21(16-10-4-2-5-11-16)17-12-6-3-7-13-17/h2-7,10-13H,8-9,14-15H2,1H3. The van der Waals surface area contributed by atoms with Crippen molar-refractivity contribution in [2.24, 2.45) is 5.10 Å². The molecule has 4 nitrogen and oxygen atoms in total. The van der Waals surface area contributed by atoms with Crippen LogP contribution in [0.1, 0.15) is 34.4 Å². The lowest BCUT2D eigenvalue weighted by atomic mass is 9.97. The minimum absolute atomic E-state index is 0.0619. The number of aryl methyl sites for hydroxylation is 2. The van der Waals surface area contributed by atoms with Crippen LogP contribution in [-0.4, -0.2) is 21.6 Å². The van der Waals surface area contributed by atoms with Gasteiger partial charge in [0, 0.05) is 16.0 Å². The molecule has 0 fully saturated rings. The molecule has 5 rings (SSSR count). The molecule has 150 valence electrons. The number of thioether (sulfide) groups is 1. The van der Waals surface area contributed by atoms with E-state index in [0.29, 0.717) is 5.16 Å². The van der Waals surface area contributed by atoms with Gasteiger partial charge in [-0.1, -0.05) is 72.4 Å². The number of fused-ring (bicyclic) bond motifs is 3. The van der Waals surface area contributed by atoms with E-state index in [0.717, 1.165) is 46.3 Å². The molecule has 2 aromatic carbocycles. The van der Waals surface area contributed by atoms with Crippen LogP contribution in [0.25, 0.3) is 10.2 Å². The van der Waals surface area contributed by atoms with E-state index in [-0.39, 0.29) is 5.56 Å². The number of benzene rings is 2. The van der Waals surface area contributed by atoms with Gasteiger partial charge in [-0.05, 0) is 37.5 Å². The van der Waals surface area contributed by atoms with Crippen LogP contribution in [0.5, 0.6) is 0 Å². The number of thiophene rings is 1. The first-order valence-electron chi connectivity index (χ1n) is 10.1. The lowest BCUT2D eigenvalue weighted by Gasteiger charge is -2.12. The molecule has 0 N–H and O–H groups in total. The second-order valence-corrected chi connectivity index (χ2v) is 9.14. The molecule has 4 aromatic rings. The zero-order chi connectivity index (χ0) is 20.5. The Bertz CT molecular complexity index is 1250. The third-order valence-corrected chi connectivity index (χ3v) is 7.23. The van der Waals surface area contributed by atoms with E-state index in [1.807, 2.05) is 66.9 Å². The Hall–Kier alpha value is -2.70. The van der Waals surface area contributed by atoms with E-state index in [4.69, 9.17) is 10.1 Å².